The molecule has 0 bridgehead atoms. The van der Waals surface area contributed by atoms with Crippen molar-refractivity contribution in [3.63, 3.8) is 0 Å². The molecule has 3 nitrogen and oxygen atoms in total. The van der Waals surface area contributed by atoms with Crippen LogP contribution in [0.15, 0.2) is 16.7 Å². The molecule has 5 heteroatoms. The van der Waals surface area contributed by atoms with Crippen LogP contribution in [0.1, 0.15) is 53.4 Å². The first-order valence-electron chi connectivity index (χ1n) is 8.04. The number of hydrogen-bond acceptors (Lipinski definition) is 3. The molecule has 2 aliphatic rings. The molecule has 2 rings (SSSR count). The van der Waals surface area contributed by atoms with Crippen LogP contribution in [0.5, 0.6) is 0 Å². The van der Waals surface area contributed by atoms with E-state index in [0.29, 0.717) is 5.04 Å². The van der Waals surface area contributed by atoms with Crippen molar-refractivity contribution in [3.8, 4) is 0 Å². The fourth-order valence-electron chi connectivity index (χ4n) is 2.85. The van der Waals surface area contributed by atoms with E-state index in [-0.39, 0.29) is 31.2 Å². The third-order valence-corrected chi connectivity index (χ3v) is 6.30. The monoisotopic (exact) mass is 374 g/mol. The summed E-state index contributed by atoms with van der Waals surface area (Å²) in [7, 11) is 2.27. The summed E-state index contributed by atoms with van der Waals surface area (Å²) in [5.41, 5.74) is 4.98. The topological polar surface area (TPSA) is 69.2 Å². The predicted octanol–water partition coefficient (Wildman–Crippen LogP) is 0.969. The summed E-state index contributed by atoms with van der Waals surface area (Å²) in [6.45, 7) is 9.60. The Kier molecular flexibility index (Phi) is 19.3. The van der Waals surface area contributed by atoms with E-state index in [0.717, 1.165) is 27.2 Å². The smallest absolute Gasteiger partial charge is 0.857 e. The number of hydrogen-bond donors (Lipinski definition) is 0. The van der Waals surface area contributed by atoms with Gasteiger partial charge in [0.25, 0.3) is 0 Å². The molecular weight excluding hydrogens is 340 g/mol. The molecule has 0 spiro atoms. The van der Waals surface area contributed by atoms with E-state index in [2.05, 4.69) is 33.8 Å². The van der Waals surface area contributed by atoms with Crippen LogP contribution < -0.4 is 15.3 Å². The van der Waals surface area contributed by atoms with Gasteiger partial charge in [-0.05, 0) is 5.04 Å². The van der Waals surface area contributed by atoms with Gasteiger partial charge < -0.3 is 15.3 Å². The van der Waals surface area contributed by atoms with Crippen molar-refractivity contribution in [1.29, 1.82) is 0 Å². The van der Waals surface area contributed by atoms with Gasteiger partial charge in [0.15, 0.2) is 0 Å². The maximum Gasteiger partial charge on any atom is 4.00 e. The molecule has 132 valence electrons. The van der Waals surface area contributed by atoms with Crippen molar-refractivity contribution in [2.45, 2.75) is 64.5 Å². The minimum absolute atomic E-state index is 0. The Balaban J connectivity index is -0.000000514. The first kappa shape index (κ1) is 28.1. The van der Waals surface area contributed by atoms with E-state index in [1.54, 1.807) is 16.7 Å². The van der Waals surface area contributed by atoms with Crippen LogP contribution in [0, 0.1) is 12.0 Å². The molecule has 0 aliphatic heterocycles. The third kappa shape index (κ3) is 10.7. The van der Waals surface area contributed by atoms with Crippen LogP contribution in [0.2, 0.25) is 11.1 Å². The molecule has 0 amide bonds. The quantitative estimate of drug-likeness (QED) is 0.534. The molecule has 2 aliphatic carbocycles. The minimum Gasteiger partial charge on any atom is -0.857 e. The van der Waals surface area contributed by atoms with Crippen molar-refractivity contribution in [2.24, 2.45) is 5.92 Å². The minimum atomic E-state index is 0. The van der Waals surface area contributed by atoms with Gasteiger partial charge in [0, 0.05) is 9.52 Å². The molecule has 0 aromatic carbocycles. The van der Waals surface area contributed by atoms with E-state index in [1.807, 2.05) is 0 Å². The van der Waals surface area contributed by atoms with Gasteiger partial charge >= 0.3 is 21.7 Å². The van der Waals surface area contributed by atoms with Crippen molar-refractivity contribution in [2.75, 3.05) is 21.3 Å². The van der Waals surface area contributed by atoms with E-state index in [1.165, 1.54) is 31.7 Å². The zero-order chi connectivity index (χ0) is 17.8. The molecule has 0 aromatic heterocycles. The molecule has 1 unspecified atom stereocenters. The van der Waals surface area contributed by atoms with E-state index in [4.69, 9.17) is 15.3 Å². The summed E-state index contributed by atoms with van der Waals surface area (Å²) in [6.07, 6.45) is 9.21. The standard InChI is InChI=1S/C15H25Si.3CH3O.Ti/c1-11-13(10-16-15(2,3)4)9-12-7-5-6-8-14(11)12;3*1-2;/h11H,5-8,10,16H2,1-4H3;3*1H3;/q4*-1;+4. The van der Waals surface area contributed by atoms with Gasteiger partial charge in [0.1, 0.15) is 0 Å². The fraction of sp³-hybridized carbons (Fsp3) is 0.778. The largest absolute Gasteiger partial charge is 4.00 e. The van der Waals surface area contributed by atoms with E-state index in [9.17, 15) is 0 Å². The van der Waals surface area contributed by atoms with Crippen LogP contribution in [-0.4, -0.2) is 30.8 Å². The Hall–Kier alpha value is 0.291. The van der Waals surface area contributed by atoms with Crippen molar-refractivity contribution in [1.82, 2.24) is 0 Å². The van der Waals surface area contributed by atoms with Gasteiger partial charge in [-0.25, -0.2) is 17.2 Å². The molecule has 0 heterocycles. The first-order valence-corrected chi connectivity index (χ1v) is 9.75. The van der Waals surface area contributed by atoms with Gasteiger partial charge in [0.2, 0.25) is 0 Å². The SMILES string of the molecule is CC1C(C[SiH2]C(C)(C)C)=[C-]C2=C1CCCC2.C[O-].C[O-].C[O-].[Ti+4]. The Morgan fingerprint density at radius 2 is 1.48 bits per heavy atom. The molecular formula is C18H34O3SiTi. The number of rotatable bonds is 2. The van der Waals surface area contributed by atoms with Crippen LogP contribution in [0.3, 0.4) is 0 Å². The van der Waals surface area contributed by atoms with Gasteiger partial charge in [0.05, 0.1) is 0 Å². The second-order valence-corrected chi connectivity index (χ2v) is 9.76. The summed E-state index contributed by atoms with van der Waals surface area (Å²) < 4.78 is 0. The first-order chi connectivity index (χ1) is 10.5. The summed E-state index contributed by atoms with van der Waals surface area (Å²) in [5.74, 6) is 0.741. The third-order valence-electron chi connectivity index (χ3n) is 4.01. The average Bonchev–Trinajstić information content (AvgIpc) is 2.87. The van der Waals surface area contributed by atoms with Crippen molar-refractivity contribution < 1.29 is 37.0 Å². The fourth-order valence-corrected chi connectivity index (χ4v) is 4.43. The molecule has 0 N–H and O–H groups in total. The zero-order valence-electron chi connectivity index (χ0n) is 16.0. The second kappa shape index (κ2) is 15.8. The molecule has 1 atom stereocenters. The Bertz CT molecular complexity index is 347. The molecule has 0 saturated carbocycles. The van der Waals surface area contributed by atoms with E-state index < -0.39 is 0 Å². The number of allylic oxidation sites excluding steroid dienone is 4. The molecule has 0 aromatic rings. The molecule has 23 heavy (non-hydrogen) atoms. The van der Waals surface area contributed by atoms with Crippen molar-refractivity contribution >= 4 is 9.52 Å². The summed E-state index contributed by atoms with van der Waals surface area (Å²) in [6, 6.07) is 1.39. The van der Waals surface area contributed by atoms with Gasteiger partial charge in [-0.15, -0.1) is 0 Å². The average molecular weight is 374 g/mol. The van der Waals surface area contributed by atoms with E-state index >= 15 is 0 Å². The predicted molar refractivity (Wildman–Crippen MR) is 92.3 cm³/mol. The summed E-state index contributed by atoms with van der Waals surface area (Å²) >= 11 is 0. The van der Waals surface area contributed by atoms with Crippen molar-refractivity contribution in [3.05, 3.63) is 22.8 Å². The van der Waals surface area contributed by atoms with Crippen LogP contribution >= 0.6 is 0 Å². The second-order valence-electron chi connectivity index (χ2n) is 6.64. The zero-order valence-corrected chi connectivity index (χ0v) is 19.0. The molecule has 0 radical (unpaired) electrons. The normalized spacial score (nSPS) is 19.2. The van der Waals surface area contributed by atoms with Gasteiger partial charge in [-0.2, -0.15) is 26.9 Å². The molecule has 0 fully saturated rings. The Morgan fingerprint density at radius 1 is 1.00 bits per heavy atom. The summed E-state index contributed by atoms with van der Waals surface area (Å²) in [4.78, 5) is 0. The molecule has 0 saturated heterocycles. The Labute approximate surface area is 161 Å². The maximum absolute atomic E-state index is 8.25. The van der Waals surface area contributed by atoms with Gasteiger partial charge in [-0.1, -0.05) is 65.3 Å². The van der Waals surface area contributed by atoms with Crippen LogP contribution in [0.4, 0.5) is 0 Å². The summed E-state index contributed by atoms with van der Waals surface area (Å²) in [5, 5.41) is 25.3. The van der Waals surface area contributed by atoms with Crippen LogP contribution in [0.25, 0.3) is 0 Å². The van der Waals surface area contributed by atoms with Crippen LogP contribution in [-0.2, 0) is 21.7 Å². The Morgan fingerprint density at radius 3 is 1.91 bits per heavy atom. The maximum atomic E-state index is 8.25. The van der Waals surface area contributed by atoms with Gasteiger partial charge in [-0.3, -0.25) is 0 Å².